The Bertz CT molecular complexity index is 1210. The first-order chi connectivity index (χ1) is 15.5. The first kappa shape index (κ1) is 21.8. The van der Waals surface area contributed by atoms with Gasteiger partial charge in [-0.2, -0.15) is 0 Å². The SMILES string of the molecule is CCN(CC)CCN1C(=O)c2oc3ccccc3c(=O)c2[C@@H]1c1ccc(C(=O)OC)cc1. The number of nitrogens with zero attached hydrogens (tertiary/aromatic N) is 2. The van der Waals surface area contributed by atoms with Crippen LogP contribution in [-0.2, 0) is 4.74 Å². The summed E-state index contributed by atoms with van der Waals surface area (Å²) < 4.78 is 10.7. The van der Waals surface area contributed by atoms with Gasteiger partial charge in [0.2, 0.25) is 5.76 Å². The molecule has 2 aromatic carbocycles. The van der Waals surface area contributed by atoms with Gasteiger partial charge in [-0.25, -0.2) is 4.79 Å². The summed E-state index contributed by atoms with van der Waals surface area (Å²) in [7, 11) is 1.33. The Morgan fingerprint density at radius 1 is 1.06 bits per heavy atom. The van der Waals surface area contributed by atoms with Gasteiger partial charge in [-0.1, -0.05) is 38.1 Å². The second-order valence-corrected chi connectivity index (χ2v) is 7.71. The Morgan fingerprint density at radius 3 is 2.41 bits per heavy atom. The average molecular weight is 434 g/mol. The fourth-order valence-electron chi connectivity index (χ4n) is 4.25. The van der Waals surface area contributed by atoms with Gasteiger partial charge in [0.15, 0.2) is 5.43 Å². The molecule has 0 fully saturated rings. The summed E-state index contributed by atoms with van der Waals surface area (Å²) >= 11 is 0. The van der Waals surface area contributed by atoms with E-state index in [9.17, 15) is 14.4 Å². The average Bonchev–Trinajstić information content (AvgIpc) is 3.11. The molecule has 166 valence electrons. The molecular weight excluding hydrogens is 408 g/mol. The van der Waals surface area contributed by atoms with Crippen LogP contribution in [-0.4, -0.2) is 55.0 Å². The number of hydrogen-bond donors (Lipinski definition) is 0. The summed E-state index contributed by atoms with van der Waals surface area (Å²) in [5.74, 6) is -0.643. The molecule has 0 saturated carbocycles. The largest absolute Gasteiger partial charge is 0.465 e. The van der Waals surface area contributed by atoms with Crippen molar-refractivity contribution < 1.29 is 18.7 Å². The van der Waals surface area contributed by atoms with Gasteiger partial charge >= 0.3 is 5.97 Å². The topological polar surface area (TPSA) is 80.1 Å². The maximum Gasteiger partial charge on any atom is 0.337 e. The number of amides is 1. The van der Waals surface area contributed by atoms with E-state index in [4.69, 9.17) is 9.15 Å². The van der Waals surface area contributed by atoms with Gasteiger partial charge in [-0.05, 0) is 42.9 Å². The lowest BCUT2D eigenvalue weighted by Gasteiger charge is -2.28. The van der Waals surface area contributed by atoms with E-state index in [1.807, 2.05) is 0 Å². The maximum atomic E-state index is 13.4. The zero-order valence-electron chi connectivity index (χ0n) is 18.5. The Kier molecular flexibility index (Phi) is 6.10. The molecule has 1 aliphatic heterocycles. The predicted octanol–water partition coefficient (Wildman–Crippen LogP) is 3.47. The lowest BCUT2D eigenvalue weighted by Crippen LogP contribution is -2.37. The van der Waals surface area contributed by atoms with E-state index in [1.165, 1.54) is 7.11 Å². The third kappa shape index (κ3) is 3.69. The number of rotatable bonds is 7. The number of para-hydroxylation sites is 1. The second kappa shape index (κ2) is 8.96. The van der Waals surface area contributed by atoms with Crippen molar-refractivity contribution in [2.45, 2.75) is 19.9 Å². The van der Waals surface area contributed by atoms with Crippen LogP contribution in [0.3, 0.4) is 0 Å². The van der Waals surface area contributed by atoms with Crippen LogP contribution in [0, 0.1) is 0 Å². The third-order valence-corrected chi connectivity index (χ3v) is 6.07. The number of fused-ring (bicyclic) bond motifs is 2. The number of benzene rings is 2. The lowest BCUT2D eigenvalue weighted by molar-refractivity contribution is 0.0599. The maximum absolute atomic E-state index is 13.4. The molecule has 1 aliphatic rings. The Morgan fingerprint density at radius 2 is 1.75 bits per heavy atom. The monoisotopic (exact) mass is 434 g/mol. The van der Waals surface area contributed by atoms with E-state index in [0.29, 0.717) is 35.2 Å². The van der Waals surface area contributed by atoms with Gasteiger partial charge in [0.25, 0.3) is 5.91 Å². The minimum Gasteiger partial charge on any atom is -0.465 e. The molecule has 1 atom stereocenters. The van der Waals surface area contributed by atoms with E-state index >= 15 is 0 Å². The number of methoxy groups -OCH3 is 1. The van der Waals surface area contributed by atoms with E-state index in [0.717, 1.165) is 18.7 Å². The summed E-state index contributed by atoms with van der Waals surface area (Å²) in [6, 6.07) is 13.2. The van der Waals surface area contributed by atoms with Gasteiger partial charge < -0.3 is 19.0 Å². The summed E-state index contributed by atoms with van der Waals surface area (Å²) in [5, 5.41) is 0.445. The number of ether oxygens (including phenoxy) is 1. The van der Waals surface area contributed by atoms with Crippen LogP contribution < -0.4 is 5.43 Å². The Hall–Kier alpha value is -3.45. The van der Waals surface area contributed by atoms with Crippen LogP contribution in [0.5, 0.6) is 0 Å². The molecule has 2 heterocycles. The Balaban J connectivity index is 1.83. The zero-order chi connectivity index (χ0) is 22.8. The van der Waals surface area contributed by atoms with Gasteiger partial charge in [0.05, 0.1) is 29.7 Å². The highest BCUT2D eigenvalue weighted by Crippen LogP contribution is 2.38. The van der Waals surface area contributed by atoms with Gasteiger partial charge in [-0.3, -0.25) is 9.59 Å². The lowest BCUT2D eigenvalue weighted by atomic mass is 9.97. The molecule has 32 heavy (non-hydrogen) atoms. The van der Waals surface area contributed by atoms with Gasteiger partial charge in [0, 0.05) is 13.1 Å². The molecule has 0 radical (unpaired) electrons. The molecule has 1 aromatic heterocycles. The molecule has 7 heteroatoms. The molecule has 1 amide bonds. The number of hydrogen-bond acceptors (Lipinski definition) is 6. The van der Waals surface area contributed by atoms with Crippen molar-refractivity contribution in [2.75, 3.05) is 33.3 Å². The van der Waals surface area contributed by atoms with E-state index in [1.54, 1.807) is 53.4 Å². The van der Waals surface area contributed by atoms with Crippen molar-refractivity contribution in [3.8, 4) is 0 Å². The van der Waals surface area contributed by atoms with E-state index in [-0.39, 0.29) is 17.1 Å². The molecule has 0 N–H and O–H groups in total. The summed E-state index contributed by atoms with van der Waals surface area (Å²) in [5.41, 5.74) is 1.68. The standard InChI is InChI=1S/C25H26N2O5/c1-4-26(5-2)14-15-27-21(16-10-12-17(13-11-16)25(30)31-3)20-22(28)18-8-6-7-9-19(18)32-23(20)24(27)29/h6-13,21H,4-5,14-15H2,1-3H3/t21-/m0/s1. The normalized spacial score (nSPS) is 15.4. The van der Waals surface area contributed by atoms with E-state index < -0.39 is 12.0 Å². The van der Waals surface area contributed by atoms with E-state index in [2.05, 4.69) is 18.7 Å². The molecular formula is C25H26N2O5. The summed E-state index contributed by atoms with van der Waals surface area (Å²) in [6.45, 7) is 7.01. The molecule has 4 rings (SSSR count). The van der Waals surface area contributed by atoms with Gasteiger partial charge in [0.1, 0.15) is 5.58 Å². The van der Waals surface area contributed by atoms with Crippen molar-refractivity contribution >= 4 is 22.8 Å². The first-order valence-electron chi connectivity index (χ1n) is 10.8. The zero-order valence-corrected chi connectivity index (χ0v) is 18.5. The quantitative estimate of drug-likeness (QED) is 0.530. The van der Waals surface area contributed by atoms with Crippen LogP contribution in [0.15, 0.2) is 57.7 Å². The van der Waals surface area contributed by atoms with Crippen LogP contribution in [0.25, 0.3) is 11.0 Å². The fraction of sp³-hybridized carbons (Fsp3) is 0.320. The van der Waals surface area contributed by atoms with Crippen molar-refractivity contribution in [3.63, 3.8) is 0 Å². The molecule has 0 aliphatic carbocycles. The summed E-state index contributed by atoms with van der Waals surface area (Å²) in [6.07, 6.45) is 0. The number of likely N-dealkylation sites (N-methyl/N-ethyl adjacent to an activating group) is 1. The van der Waals surface area contributed by atoms with Gasteiger partial charge in [-0.15, -0.1) is 0 Å². The van der Waals surface area contributed by atoms with Crippen molar-refractivity contribution in [3.05, 3.63) is 81.2 Å². The molecule has 3 aromatic rings. The number of esters is 1. The van der Waals surface area contributed by atoms with Crippen LogP contribution in [0.2, 0.25) is 0 Å². The minimum atomic E-state index is -0.583. The Labute approximate surface area is 186 Å². The molecule has 0 saturated heterocycles. The van der Waals surface area contributed by atoms with Crippen molar-refractivity contribution in [2.24, 2.45) is 0 Å². The highest BCUT2D eigenvalue weighted by atomic mass is 16.5. The number of carbonyl (C=O) groups is 2. The van der Waals surface area contributed by atoms with Crippen LogP contribution in [0.1, 0.15) is 51.9 Å². The smallest absolute Gasteiger partial charge is 0.337 e. The molecule has 7 nitrogen and oxygen atoms in total. The highest BCUT2D eigenvalue weighted by Gasteiger charge is 2.42. The molecule has 0 bridgehead atoms. The second-order valence-electron chi connectivity index (χ2n) is 7.71. The highest BCUT2D eigenvalue weighted by molar-refractivity contribution is 5.99. The third-order valence-electron chi connectivity index (χ3n) is 6.07. The minimum absolute atomic E-state index is 0.0929. The molecule has 0 spiro atoms. The summed E-state index contributed by atoms with van der Waals surface area (Å²) in [4.78, 5) is 42.6. The van der Waals surface area contributed by atoms with Crippen molar-refractivity contribution in [1.29, 1.82) is 0 Å². The molecule has 0 unspecified atom stereocenters. The first-order valence-corrected chi connectivity index (χ1v) is 10.8. The van der Waals surface area contributed by atoms with Crippen LogP contribution >= 0.6 is 0 Å². The predicted molar refractivity (Wildman–Crippen MR) is 121 cm³/mol. The van der Waals surface area contributed by atoms with Crippen LogP contribution in [0.4, 0.5) is 0 Å². The number of carbonyl (C=O) groups excluding carboxylic acids is 2. The van der Waals surface area contributed by atoms with Crippen molar-refractivity contribution in [1.82, 2.24) is 9.80 Å². The fourth-order valence-corrected chi connectivity index (χ4v) is 4.25.